The van der Waals surface area contributed by atoms with E-state index in [9.17, 15) is 5.11 Å². The molecule has 0 radical (unpaired) electrons. The Hall–Kier alpha value is -1.55. The van der Waals surface area contributed by atoms with Crippen LogP contribution < -0.4 is 4.74 Å². The first-order valence-electron chi connectivity index (χ1n) is 9.87. The van der Waals surface area contributed by atoms with E-state index in [2.05, 4.69) is 24.0 Å². The van der Waals surface area contributed by atoms with Gasteiger partial charge in [-0.15, -0.1) is 12.4 Å². The lowest BCUT2D eigenvalue weighted by Crippen LogP contribution is -2.36. The van der Waals surface area contributed by atoms with Crippen LogP contribution in [0.15, 0.2) is 48.5 Å². The van der Waals surface area contributed by atoms with Gasteiger partial charge in [0.25, 0.3) is 0 Å². The van der Waals surface area contributed by atoms with Crippen LogP contribution in [-0.2, 0) is 5.60 Å². The number of halogens is 1. The largest absolute Gasteiger partial charge is 0.494 e. The summed E-state index contributed by atoms with van der Waals surface area (Å²) in [6.45, 7) is 7.91. The van der Waals surface area contributed by atoms with Gasteiger partial charge in [0, 0.05) is 6.54 Å². The van der Waals surface area contributed by atoms with Crippen LogP contribution in [0.2, 0.25) is 0 Å². The molecule has 4 heteroatoms. The molecule has 1 saturated heterocycles. The first-order valence-corrected chi connectivity index (χ1v) is 9.87. The zero-order valence-corrected chi connectivity index (χ0v) is 17.3. The minimum Gasteiger partial charge on any atom is -0.494 e. The van der Waals surface area contributed by atoms with Crippen LogP contribution in [0.4, 0.5) is 0 Å². The maximum atomic E-state index is 11.8. The summed E-state index contributed by atoms with van der Waals surface area (Å²) in [5, 5.41) is 11.8. The van der Waals surface area contributed by atoms with Gasteiger partial charge in [0.1, 0.15) is 11.4 Å². The Bertz CT molecular complexity index is 698. The fourth-order valence-corrected chi connectivity index (χ4v) is 3.85. The van der Waals surface area contributed by atoms with Crippen LogP contribution in [0.25, 0.3) is 0 Å². The summed E-state index contributed by atoms with van der Waals surface area (Å²) in [6.07, 6.45) is 4.57. The second-order valence-electron chi connectivity index (χ2n) is 7.34. The van der Waals surface area contributed by atoms with Crippen LogP contribution in [0.1, 0.15) is 49.3 Å². The van der Waals surface area contributed by atoms with Crippen LogP contribution in [0, 0.1) is 6.92 Å². The van der Waals surface area contributed by atoms with Crippen molar-refractivity contribution in [2.75, 3.05) is 26.2 Å². The lowest BCUT2D eigenvalue weighted by Gasteiger charge is -2.34. The molecule has 3 rings (SSSR count). The molecule has 1 fully saturated rings. The third-order valence-electron chi connectivity index (χ3n) is 5.38. The molecule has 0 saturated carbocycles. The van der Waals surface area contributed by atoms with Crippen molar-refractivity contribution in [1.29, 1.82) is 0 Å². The van der Waals surface area contributed by atoms with Crippen molar-refractivity contribution < 1.29 is 9.84 Å². The molecular weight excluding hydrogens is 358 g/mol. The van der Waals surface area contributed by atoms with Gasteiger partial charge in [0.15, 0.2) is 0 Å². The molecule has 0 aliphatic carbocycles. The summed E-state index contributed by atoms with van der Waals surface area (Å²) in [7, 11) is 0. The Morgan fingerprint density at radius 2 is 1.70 bits per heavy atom. The highest BCUT2D eigenvalue weighted by Gasteiger charge is 2.32. The monoisotopic (exact) mass is 389 g/mol. The Balaban J connectivity index is 0.00000261. The summed E-state index contributed by atoms with van der Waals surface area (Å²) in [4.78, 5) is 2.48. The topological polar surface area (TPSA) is 32.7 Å². The number of nitrogens with zero attached hydrogens (tertiary/aromatic N) is 1. The molecule has 1 heterocycles. The average molecular weight is 390 g/mol. The van der Waals surface area contributed by atoms with Crippen molar-refractivity contribution in [1.82, 2.24) is 4.90 Å². The Kier molecular flexibility index (Phi) is 8.15. The van der Waals surface area contributed by atoms with E-state index in [-0.39, 0.29) is 12.4 Å². The Morgan fingerprint density at radius 1 is 1.00 bits per heavy atom. The van der Waals surface area contributed by atoms with Crippen LogP contribution in [0.5, 0.6) is 5.75 Å². The highest BCUT2D eigenvalue weighted by molar-refractivity contribution is 5.85. The number of hydrogen-bond donors (Lipinski definition) is 1. The molecular formula is C23H32ClNO2. The van der Waals surface area contributed by atoms with E-state index < -0.39 is 5.60 Å². The van der Waals surface area contributed by atoms with Gasteiger partial charge >= 0.3 is 0 Å². The fraction of sp³-hybridized carbons (Fsp3) is 0.478. The number of benzene rings is 2. The summed E-state index contributed by atoms with van der Waals surface area (Å²) < 4.78 is 5.56. The second kappa shape index (κ2) is 10.1. The number of ether oxygens (including phenoxy) is 1. The van der Waals surface area contributed by atoms with E-state index in [0.717, 1.165) is 36.5 Å². The molecule has 0 aromatic heterocycles. The van der Waals surface area contributed by atoms with Crippen molar-refractivity contribution >= 4 is 12.4 Å². The normalized spacial score (nSPS) is 17.0. The van der Waals surface area contributed by atoms with Crippen molar-refractivity contribution in [3.63, 3.8) is 0 Å². The van der Waals surface area contributed by atoms with Gasteiger partial charge in [-0.05, 0) is 69.5 Å². The first-order chi connectivity index (χ1) is 12.6. The molecule has 0 bridgehead atoms. The van der Waals surface area contributed by atoms with E-state index in [1.54, 1.807) is 0 Å². The van der Waals surface area contributed by atoms with Crippen LogP contribution >= 0.6 is 12.4 Å². The molecule has 1 N–H and O–H groups in total. The van der Waals surface area contributed by atoms with Crippen LogP contribution in [0.3, 0.4) is 0 Å². The molecule has 2 aromatic rings. The number of likely N-dealkylation sites (tertiary alicyclic amines) is 1. The zero-order chi connectivity index (χ0) is 18.4. The molecule has 1 unspecified atom stereocenters. The van der Waals surface area contributed by atoms with E-state index >= 15 is 0 Å². The minimum atomic E-state index is -0.978. The van der Waals surface area contributed by atoms with Crippen molar-refractivity contribution in [3.8, 4) is 5.75 Å². The van der Waals surface area contributed by atoms with Gasteiger partial charge in [0.2, 0.25) is 0 Å². The van der Waals surface area contributed by atoms with Gasteiger partial charge in [-0.3, -0.25) is 0 Å². The highest BCUT2D eigenvalue weighted by Crippen LogP contribution is 2.35. The molecule has 3 nitrogen and oxygen atoms in total. The fourth-order valence-electron chi connectivity index (χ4n) is 3.85. The summed E-state index contributed by atoms with van der Waals surface area (Å²) >= 11 is 0. The SMILES string of the molecule is CCOc1ccc(C(O)(CCN2CCCCC2)c2cccc(C)c2)cc1.Cl. The van der Waals surface area contributed by atoms with E-state index in [1.165, 1.54) is 24.8 Å². The van der Waals surface area contributed by atoms with Gasteiger partial charge < -0.3 is 14.7 Å². The average Bonchev–Trinajstić information content (AvgIpc) is 2.68. The summed E-state index contributed by atoms with van der Waals surface area (Å²) in [5.74, 6) is 0.846. The predicted octanol–water partition coefficient (Wildman–Crippen LogP) is 4.93. The zero-order valence-electron chi connectivity index (χ0n) is 16.5. The summed E-state index contributed by atoms with van der Waals surface area (Å²) in [5.41, 5.74) is 2.10. The standard InChI is InChI=1S/C23H31NO2.ClH/c1-3-26-22-12-10-20(11-13-22)23(25,21-9-7-8-19(2)18-21)14-17-24-15-5-4-6-16-24;/h7-13,18,25H,3-6,14-17H2,1-2H3;1H. The summed E-state index contributed by atoms with van der Waals surface area (Å²) in [6, 6.07) is 16.2. The lowest BCUT2D eigenvalue weighted by molar-refractivity contribution is 0.0545. The molecule has 1 aliphatic heterocycles. The number of aliphatic hydroxyl groups is 1. The van der Waals surface area contributed by atoms with E-state index in [1.807, 2.05) is 43.3 Å². The van der Waals surface area contributed by atoms with E-state index in [4.69, 9.17) is 4.74 Å². The van der Waals surface area contributed by atoms with E-state index in [0.29, 0.717) is 13.0 Å². The molecule has 148 valence electrons. The third-order valence-corrected chi connectivity index (χ3v) is 5.38. The molecule has 1 aliphatic rings. The number of aryl methyl sites for hydroxylation is 1. The molecule has 1 atom stereocenters. The Morgan fingerprint density at radius 3 is 2.33 bits per heavy atom. The van der Waals surface area contributed by atoms with Gasteiger partial charge in [-0.25, -0.2) is 0 Å². The van der Waals surface area contributed by atoms with Crippen molar-refractivity contribution in [2.24, 2.45) is 0 Å². The first kappa shape index (κ1) is 21.7. The molecule has 27 heavy (non-hydrogen) atoms. The third kappa shape index (κ3) is 5.47. The smallest absolute Gasteiger partial charge is 0.119 e. The van der Waals surface area contributed by atoms with Crippen molar-refractivity contribution in [2.45, 2.75) is 45.1 Å². The Labute approximate surface area is 169 Å². The van der Waals surface area contributed by atoms with Gasteiger partial charge in [0.05, 0.1) is 6.61 Å². The van der Waals surface area contributed by atoms with Gasteiger partial charge in [-0.1, -0.05) is 48.4 Å². The van der Waals surface area contributed by atoms with Crippen LogP contribution in [-0.4, -0.2) is 36.2 Å². The highest BCUT2D eigenvalue weighted by atomic mass is 35.5. The lowest BCUT2D eigenvalue weighted by atomic mass is 9.82. The molecule has 0 spiro atoms. The predicted molar refractivity (Wildman–Crippen MR) is 114 cm³/mol. The second-order valence-corrected chi connectivity index (χ2v) is 7.34. The number of piperidine rings is 1. The van der Waals surface area contributed by atoms with Gasteiger partial charge in [-0.2, -0.15) is 0 Å². The number of hydrogen-bond acceptors (Lipinski definition) is 3. The van der Waals surface area contributed by atoms with Crippen molar-refractivity contribution in [3.05, 3.63) is 65.2 Å². The maximum Gasteiger partial charge on any atom is 0.119 e. The molecule has 2 aromatic carbocycles. The quantitative estimate of drug-likeness (QED) is 0.728. The maximum absolute atomic E-state index is 11.8. The molecule has 0 amide bonds. The number of rotatable bonds is 7. The minimum absolute atomic E-state index is 0.